The van der Waals surface area contributed by atoms with Crippen LogP contribution in [0, 0.1) is 0 Å². The first-order valence-corrected chi connectivity index (χ1v) is 9.17. The van der Waals surface area contributed by atoms with Gasteiger partial charge in [0, 0.05) is 12.8 Å². The molecule has 0 radical (unpaired) electrons. The van der Waals surface area contributed by atoms with E-state index in [1.54, 1.807) is 6.92 Å². The lowest BCUT2D eigenvalue weighted by Crippen LogP contribution is -2.01. The fourth-order valence-corrected chi connectivity index (χ4v) is 1.14. The van der Waals surface area contributed by atoms with Gasteiger partial charge in [-0.2, -0.15) is 10.2 Å². The Morgan fingerprint density at radius 2 is 1.19 bits per heavy atom. The summed E-state index contributed by atoms with van der Waals surface area (Å²) in [4.78, 5) is 64.2. The molecule has 0 amide bonds. The second kappa shape index (κ2) is 31.0. The topological polar surface area (TPSA) is 186 Å². The van der Waals surface area contributed by atoms with E-state index in [4.69, 9.17) is 19.2 Å². The number of Topliss-reactive ketones (excluding diaryl/α,β-unsaturated/α-hetero) is 2. The van der Waals surface area contributed by atoms with Gasteiger partial charge in [-0.05, 0) is 27.7 Å². The number of nitrogens with zero attached hydrogens (tertiary/aromatic N) is 4. The number of hydrogen-bond acceptors (Lipinski definition) is 10. The summed E-state index contributed by atoms with van der Waals surface area (Å²) in [5.41, 5.74) is 0. The maximum atomic E-state index is 10.8. The quantitative estimate of drug-likeness (QED) is 0.510. The lowest BCUT2D eigenvalue weighted by atomic mass is 10.2. The largest absolute Gasteiger partial charge is 0.304 e. The van der Waals surface area contributed by atoms with E-state index in [0.717, 1.165) is 25.1 Å². The summed E-state index contributed by atoms with van der Waals surface area (Å²) < 4.78 is 0. The molecule has 0 aliphatic carbocycles. The van der Waals surface area contributed by atoms with Crippen LogP contribution in [-0.4, -0.2) is 67.1 Å². The molecule has 2 heterocycles. The summed E-state index contributed by atoms with van der Waals surface area (Å²) >= 11 is 0. The molecule has 12 nitrogen and oxygen atoms in total. The Morgan fingerprint density at radius 3 is 1.48 bits per heavy atom. The molecule has 2 rings (SSSR count). The predicted molar refractivity (Wildman–Crippen MR) is 113 cm³/mol. The van der Waals surface area contributed by atoms with Crippen molar-refractivity contribution in [3.8, 4) is 0 Å². The minimum Gasteiger partial charge on any atom is -0.304 e. The summed E-state index contributed by atoms with van der Waals surface area (Å²) in [6, 6.07) is 0. The van der Waals surface area contributed by atoms with E-state index in [0.29, 0.717) is 30.9 Å². The molecule has 12 heteroatoms. The minimum absolute atomic E-state index is 0.00694. The van der Waals surface area contributed by atoms with Crippen LogP contribution in [0.1, 0.15) is 70.8 Å². The van der Waals surface area contributed by atoms with Crippen molar-refractivity contribution in [1.29, 1.82) is 0 Å². The van der Waals surface area contributed by atoms with Crippen LogP contribution in [0.3, 0.4) is 0 Å². The summed E-state index contributed by atoms with van der Waals surface area (Å²) in [5, 5.41) is 12.3. The van der Waals surface area contributed by atoms with Gasteiger partial charge < -0.3 is 19.2 Å². The van der Waals surface area contributed by atoms with Gasteiger partial charge in [0.05, 0.1) is 6.42 Å². The van der Waals surface area contributed by atoms with Crippen LogP contribution in [0.2, 0.25) is 0 Å². The van der Waals surface area contributed by atoms with Crippen molar-refractivity contribution in [3.05, 3.63) is 24.3 Å². The van der Waals surface area contributed by atoms with E-state index < -0.39 is 0 Å². The highest BCUT2D eigenvalue weighted by atomic mass is 16.1. The smallest absolute Gasteiger partial charge is 0.199 e. The summed E-state index contributed by atoms with van der Waals surface area (Å²) in [6.07, 6.45) is 7.12. The van der Waals surface area contributed by atoms with Crippen molar-refractivity contribution < 1.29 is 28.8 Å². The van der Waals surface area contributed by atoms with E-state index in [2.05, 4.69) is 30.4 Å². The van der Waals surface area contributed by atoms with Gasteiger partial charge in [0.25, 0.3) is 0 Å². The van der Waals surface area contributed by atoms with Crippen molar-refractivity contribution in [2.75, 3.05) is 0 Å². The average molecular weight is 441 g/mol. The average Bonchev–Trinajstić information content (AvgIpc) is 3.44. The van der Waals surface area contributed by atoms with Crippen molar-refractivity contribution in [2.24, 2.45) is 0 Å². The molecular formula is C19H32N6O6. The van der Waals surface area contributed by atoms with Gasteiger partial charge in [0.1, 0.15) is 49.4 Å². The standard InChI is InChI=1S/C6H9N3O.C5H7N3O.4C2H4O/c1-2-5(10)3-6-7-4-8-9-6;1-2-4(9)5-6-3-7-8-5;4*1-2-3/h4H,2-3H2,1H3,(H,7,8,9);3H,2H2,1H3,(H,6,7,8);4*2H,1H3. The highest BCUT2D eigenvalue weighted by Crippen LogP contribution is 1.91. The summed E-state index contributed by atoms with van der Waals surface area (Å²) in [6.45, 7) is 9.39. The first kappa shape index (κ1) is 34.8. The fraction of sp³-hybridized carbons (Fsp3) is 0.474. The number of carbonyl (C=O) groups excluding carboxylic acids is 6. The van der Waals surface area contributed by atoms with E-state index in [1.807, 2.05) is 6.92 Å². The molecule has 0 spiro atoms. The van der Waals surface area contributed by atoms with Crippen LogP contribution in [0.15, 0.2) is 12.7 Å². The number of nitrogens with one attached hydrogen (secondary N) is 2. The van der Waals surface area contributed by atoms with E-state index >= 15 is 0 Å². The van der Waals surface area contributed by atoms with Crippen LogP contribution in [-0.2, 0) is 30.4 Å². The molecule has 2 aromatic heterocycles. The number of hydrogen-bond donors (Lipinski definition) is 2. The molecule has 0 saturated heterocycles. The zero-order valence-corrected chi connectivity index (χ0v) is 18.8. The maximum absolute atomic E-state index is 10.8. The van der Waals surface area contributed by atoms with Gasteiger partial charge in [-0.25, -0.2) is 9.97 Å². The Labute approximate surface area is 181 Å². The molecule has 0 aromatic carbocycles. The van der Waals surface area contributed by atoms with Gasteiger partial charge in [0.15, 0.2) is 11.6 Å². The third kappa shape index (κ3) is 31.2. The van der Waals surface area contributed by atoms with Crippen molar-refractivity contribution >= 4 is 36.7 Å². The number of aldehydes is 4. The number of H-pyrrole nitrogens is 2. The van der Waals surface area contributed by atoms with Crippen LogP contribution >= 0.6 is 0 Å². The van der Waals surface area contributed by atoms with Gasteiger partial charge in [0.2, 0.25) is 0 Å². The molecular weight excluding hydrogens is 408 g/mol. The van der Waals surface area contributed by atoms with Gasteiger partial charge >= 0.3 is 0 Å². The molecule has 31 heavy (non-hydrogen) atoms. The SMILES string of the molecule is CC=O.CC=O.CC=O.CC=O.CCC(=O)Cc1ncn[nH]1.CCC(=O)c1ncn[nH]1. The number of carbonyl (C=O) groups is 6. The van der Waals surface area contributed by atoms with Crippen LogP contribution < -0.4 is 0 Å². The molecule has 0 saturated carbocycles. The molecule has 0 aliphatic heterocycles. The molecule has 0 fully saturated rings. The molecule has 0 bridgehead atoms. The number of rotatable bonds is 5. The normalized spacial score (nSPS) is 7.55. The zero-order valence-electron chi connectivity index (χ0n) is 18.8. The first-order chi connectivity index (χ1) is 14.8. The van der Waals surface area contributed by atoms with Crippen LogP contribution in [0.25, 0.3) is 0 Å². The second-order valence-electron chi connectivity index (χ2n) is 4.55. The lowest BCUT2D eigenvalue weighted by Gasteiger charge is -1.89. The third-order valence-electron chi connectivity index (χ3n) is 2.22. The van der Waals surface area contributed by atoms with Crippen LogP contribution in [0.4, 0.5) is 0 Å². The molecule has 0 aliphatic rings. The maximum Gasteiger partial charge on any atom is 0.199 e. The fourth-order valence-electron chi connectivity index (χ4n) is 1.14. The van der Waals surface area contributed by atoms with Gasteiger partial charge in [-0.1, -0.05) is 13.8 Å². The van der Waals surface area contributed by atoms with Crippen molar-refractivity contribution in [1.82, 2.24) is 30.4 Å². The Balaban J connectivity index is -0.000000158. The number of aromatic nitrogens is 6. The lowest BCUT2D eigenvalue weighted by molar-refractivity contribution is -0.118. The van der Waals surface area contributed by atoms with E-state index in [9.17, 15) is 9.59 Å². The monoisotopic (exact) mass is 440 g/mol. The van der Waals surface area contributed by atoms with E-state index in [-0.39, 0.29) is 11.6 Å². The highest BCUT2D eigenvalue weighted by molar-refractivity contribution is 5.91. The number of aromatic amines is 2. The summed E-state index contributed by atoms with van der Waals surface area (Å²) in [7, 11) is 0. The van der Waals surface area contributed by atoms with E-state index in [1.165, 1.54) is 40.3 Å². The number of ketones is 2. The van der Waals surface area contributed by atoms with Crippen LogP contribution in [0.5, 0.6) is 0 Å². The Morgan fingerprint density at radius 1 is 0.774 bits per heavy atom. The van der Waals surface area contributed by atoms with Crippen molar-refractivity contribution in [3.63, 3.8) is 0 Å². The predicted octanol–water partition coefficient (Wildman–Crippen LogP) is 1.54. The first-order valence-electron chi connectivity index (χ1n) is 9.17. The zero-order chi connectivity index (χ0) is 24.9. The van der Waals surface area contributed by atoms with Gasteiger partial charge in [-0.3, -0.25) is 19.8 Å². The summed E-state index contributed by atoms with van der Waals surface area (Å²) in [5.74, 6) is 1.16. The molecule has 0 unspecified atom stereocenters. The highest BCUT2D eigenvalue weighted by Gasteiger charge is 2.03. The third-order valence-corrected chi connectivity index (χ3v) is 2.22. The molecule has 174 valence electrons. The molecule has 2 N–H and O–H groups in total. The van der Waals surface area contributed by atoms with Gasteiger partial charge in [-0.15, -0.1) is 0 Å². The molecule has 2 aromatic rings. The Bertz CT molecular complexity index is 648. The minimum atomic E-state index is -0.00694. The molecule has 0 atom stereocenters. The Kier molecular flexibility index (Phi) is 34.8. The Hall–Kier alpha value is -3.70. The second-order valence-corrected chi connectivity index (χ2v) is 4.55. The van der Waals surface area contributed by atoms with Crippen molar-refractivity contribution in [2.45, 2.75) is 60.8 Å².